The molecule has 0 aliphatic rings. The van der Waals surface area contributed by atoms with Gasteiger partial charge in [-0.15, -0.1) is 0 Å². The Hall–Kier alpha value is -3.24. The number of rotatable bonds is 8. The molecule has 0 atom stereocenters. The third kappa shape index (κ3) is 5.09. The number of benzene rings is 1. The smallest absolute Gasteiger partial charge is 0.265 e. The number of pyridine rings is 1. The van der Waals surface area contributed by atoms with Gasteiger partial charge in [0.25, 0.3) is 15.9 Å². The summed E-state index contributed by atoms with van der Waals surface area (Å²) in [6.07, 6.45) is 4.18. The fraction of sp³-hybridized carbons (Fsp3) is 0.286. The molecule has 0 saturated heterocycles. The molecule has 3 aromatic rings. The van der Waals surface area contributed by atoms with Gasteiger partial charge in [-0.3, -0.25) is 9.71 Å². The van der Waals surface area contributed by atoms with Crippen molar-refractivity contribution in [3.05, 3.63) is 54.6 Å². The van der Waals surface area contributed by atoms with Gasteiger partial charge in [0.05, 0.1) is 25.6 Å². The Morgan fingerprint density at radius 2 is 1.87 bits per heavy atom. The maximum Gasteiger partial charge on any atom is 0.265 e. The molecule has 0 saturated carbocycles. The van der Waals surface area contributed by atoms with Crippen molar-refractivity contribution in [1.29, 1.82) is 0 Å². The zero-order chi connectivity index (χ0) is 22.6. The summed E-state index contributed by atoms with van der Waals surface area (Å²) in [5.41, 5.74) is 0.643. The number of hydrogen-bond acceptors (Lipinski definition) is 8. The molecule has 31 heavy (non-hydrogen) atoms. The average Bonchev–Trinajstić information content (AvgIpc) is 2.75. The van der Waals surface area contributed by atoms with E-state index in [0.29, 0.717) is 22.6 Å². The molecule has 1 aromatic carbocycles. The highest BCUT2D eigenvalue weighted by Crippen LogP contribution is 2.36. The van der Waals surface area contributed by atoms with Gasteiger partial charge in [-0.25, -0.2) is 18.4 Å². The zero-order valence-electron chi connectivity index (χ0n) is 17.7. The van der Waals surface area contributed by atoms with Crippen LogP contribution in [0.2, 0.25) is 0 Å². The third-order valence-electron chi connectivity index (χ3n) is 4.30. The van der Waals surface area contributed by atoms with Crippen LogP contribution in [-0.2, 0) is 10.0 Å². The van der Waals surface area contributed by atoms with E-state index in [2.05, 4.69) is 19.7 Å². The van der Waals surface area contributed by atoms with Crippen molar-refractivity contribution in [1.82, 2.24) is 15.0 Å². The van der Waals surface area contributed by atoms with Crippen molar-refractivity contribution in [2.45, 2.75) is 31.3 Å². The second-order valence-corrected chi connectivity index (χ2v) is 9.01. The van der Waals surface area contributed by atoms with E-state index in [1.165, 1.54) is 25.7 Å². The lowest BCUT2D eigenvalue weighted by atomic mass is 10.1. The Labute approximate surface area is 181 Å². The molecule has 0 unspecified atom stereocenters. The van der Waals surface area contributed by atoms with Gasteiger partial charge in [0.1, 0.15) is 16.2 Å². The molecule has 0 aliphatic heterocycles. The number of nitrogens with zero attached hydrogens (tertiary/aromatic N) is 3. The zero-order valence-corrected chi connectivity index (χ0v) is 18.5. The van der Waals surface area contributed by atoms with Crippen LogP contribution >= 0.6 is 0 Å². The normalized spacial score (nSPS) is 11.8. The number of aromatic nitrogens is 3. The first kappa shape index (κ1) is 22.4. The van der Waals surface area contributed by atoms with Crippen LogP contribution in [0.15, 0.2) is 53.8 Å². The fourth-order valence-electron chi connectivity index (χ4n) is 2.77. The van der Waals surface area contributed by atoms with Gasteiger partial charge >= 0.3 is 0 Å². The Balaban J connectivity index is 2.08. The number of anilines is 1. The van der Waals surface area contributed by atoms with Gasteiger partial charge in [0, 0.05) is 23.5 Å². The summed E-state index contributed by atoms with van der Waals surface area (Å²) in [5.74, 6) is 0.452. The fourth-order valence-corrected chi connectivity index (χ4v) is 3.95. The predicted octanol–water partition coefficient (Wildman–Crippen LogP) is 2.81. The van der Waals surface area contributed by atoms with E-state index in [1.54, 1.807) is 51.1 Å². The molecule has 0 spiro atoms. The molecule has 164 valence electrons. The minimum atomic E-state index is -4.10. The summed E-state index contributed by atoms with van der Waals surface area (Å²) in [6, 6.07) is 8.58. The Morgan fingerprint density at radius 1 is 1.13 bits per heavy atom. The van der Waals surface area contributed by atoms with Crippen molar-refractivity contribution in [2.24, 2.45) is 0 Å². The van der Waals surface area contributed by atoms with Crippen molar-refractivity contribution in [3.8, 4) is 22.8 Å². The molecule has 2 aromatic heterocycles. The second kappa shape index (κ2) is 8.86. The van der Waals surface area contributed by atoms with Crippen molar-refractivity contribution in [3.63, 3.8) is 0 Å². The van der Waals surface area contributed by atoms with E-state index in [4.69, 9.17) is 9.47 Å². The molecular weight excluding hydrogens is 420 g/mol. The third-order valence-corrected chi connectivity index (χ3v) is 5.67. The number of para-hydroxylation sites is 1. The van der Waals surface area contributed by atoms with Crippen molar-refractivity contribution < 1.29 is 23.0 Å². The number of nitrogens with one attached hydrogen (secondary N) is 1. The van der Waals surface area contributed by atoms with Crippen LogP contribution in [0.25, 0.3) is 11.1 Å². The minimum absolute atomic E-state index is 0.0335. The molecule has 0 fully saturated rings. The van der Waals surface area contributed by atoms with E-state index in [-0.39, 0.29) is 23.2 Å². The number of methoxy groups -OCH3 is 1. The SMILES string of the molecule is COc1nc(C)cnc1NS(=O)(=O)c1cnccc1-c1ccccc1OC(C)(C)CO. The highest BCUT2D eigenvalue weighted by molar-refractivity contribution is 7.92. The van der Waals surface area contributed by atoms with Crippen LogP contribution in [0.3, 0.4) is 0 Å². The minimum Gasteiger partial charge on any atom is -0.485 e. The lowest BCUT2D eigenvalue weighted by Crippen LogP contribution is -2.32. The Bertz CT molecular complexity index is 1180. The highest BCUT2D eigenvalue weighted by Gasteiger charge is 2.26. The molecular formula is C21H24N4O5S. The molecule has 9 nitrogen and oxygen atoms in total. The van der Waals surface area contributed by atoms with Crippen LogP contribution < -0.4 is 14.2 Å². The number of hydrogen-bond donors (Lipinski definition) is 2. The number of sulfonamides is 1. The molecule has 10 heteroatoms. The van der Waals surface area contributed by atoms with Crippen LogP contribution in [0.4, 0.5) is 5.82 Å². The first-order valence-electron chi connectivity index (χ1n) is 9.40. The van der Waals surface area contributed by atoms with Crippen molar-refractivity contribution in [2.75, 3.05) is 18.4 Å². The molecule has 0 radical (unpaired) electrons. The summed E-state index contributed by atoms with van der Waals surface area (Å²) in [7, 11) is -2.72. The average molecular weight is 445 g/mol. The number of aliphatic hydroxyl groups is 1. The number of ether oxygens (including phenoxy) is 2. The molecule has 2 N–H and O–H groups in total. The van der Waals surface area contributed by atoms with E-state index in [1.807, 2.05) is 0 Å². The lowest BCUT2D eigenvalue weighted by molar-refractivity contribution is 0.0417. The van der Waals surface area contributed by atoms with Crippen LogP contribution in [0.5, 0.6) is 11.6 Å². The molecule has 0 aliphatic carbocycles. The summed E-state index contributed by atoms with van der Waals surface area (Å²) in [4.78, 5) is 12.1. The summed E-state index contributed by atoms with van der Waals surface area (Å²) in [5, 5.41) is 9.57. The maximum atomic E-state index is 13.2. The lowest BCUT2D eigenvalue weighted by Gasteiger charge is -2.26. The van der Waals surface area contributed by atoms with E-state index < -0.39 is 15.6 Å². The topological polar surface area (TPSA) is 124 Å². The first-order valence-corrected chi connectivity index (χ1v) is 10.9. The maximum absolute atomic E-state index is 13.2. The van der Waals surface area contributed by atoms with Gasteiger partial charge in [-0.1, -0.05) is 18.2 Å². The van der Waals surface area contributed by atoms with Gasteiger partial charge in [0.15, 0.2) is 0 Å². The summed E-state index contributed by atoms with van der Waals surface area (Å²) in [6.45, 7) is 4.98. The van der Waals surface area contributed by atoms with Gasteiger partial charge < -0.3 is 14.6 Å². The van der Waals surface area contributed by atoms with Gasteiger partial charge in [0.2, 0.25) is 5.82 Å². The molecule has 2 heterocycles. The Morgan fingerprint density at radius 3 is 2.58 bits per heavy atom. The predicted molar refractivity (Wildman–Crippen MR) is 116 cm³/mol. The van der Waals surface area contributed by atoms with E-state index >= 15 is 0 Å². The monoisotopic (exact) mass is 444 g/mol. The Kier molecular flexibility index (Phi) is 6.42. The first-order chi connectivity index (χ1) is 14.7. The van der Waals surface area contributed by atoms with E-state index in [0.717, 1.165) is 0 Å². The van der Waals surface area contributed by atoms with E-state index in [9.17, 15) is 13.5 Å². The largest absolute Gasteiger partial charge is 0.485 e. The molecule has 0 amide bonds. The quantitative estimate of drug-likeness (QED) is 0.544. The second-order valence-electron chi connectivity index (χ2n) is 7.36. The standard InChI is InChI=1S/C21H24N4O5S/c1-14-11-23-19(20(24-14)29-4)25-31(27,28)18-12-22-10-9-16(18)15-7-5-6-8-17(15)30-21(2,3)13-26/h5-12,26H,13H2,1-4H3,(H,23,25). The number of aliphatic hydroxyl groups excluding tert-OH is 1. The molecule has 0 bridgehead atoms. The number of aryl methyl sites for hydroxylation is 1. The van der Waals surface area contributed by atoms with Crippen LogP contribution in [0.1, 0.15) is 19.5 Å². The van der Waals surface area contributed by atoms with Gasteiger partial charge in [-0.2, -0.15) is 0 Å². The van der Waals surface area contributed by atoms with Crippen LogP contribution in [0, 0.1) is 6.92 Å². The summed E-state index contributed by atoms with van der Waals surface area (Å²) < 4.78 is 40.0. The molecule has 3 rings (SSSR count). The van der Waals surface area contributed by atoms with Gasteiger partial charge in [-0.05, 0) is 32.9 Å². The van der Waals surface area contributed by atoms with Crippen molar-refractivity contribution >= 4 is 15.8 Å². The van der Waals surface area contributed by atoms with Crippen LogP contribution in [-0.4, -0.2) is 47.8 Å². The summed E-state index contributed by atoms with van der Waals surface area (Å²) >= 11 is 0. The highest BCUT2D eigenvalue weighted by atomic mass is 32.2.